The third-order valence-corrected chi connectivity index (χ3v) is 3.17. The van der Waals surface area contributed by atoms with Crippen LogP contribution in [-0.4, -0.2) is 40.9 Å². The van der Waals surface area contributed by atoms with E-state index < -0.39 is 6.10 Å². The van der Waals surface area contributed by atoms with Gasteiger partial charge in [0.05, 0.1) is 12.2 Å². The van der Waals surface area contributed by atoms with Gasteiger partial charge < -0.3 is 15.1 Å². The molecule has 1 heterocycles. The predicted molar refractivity (Wildman–Crippen MR) is 63.1 cm³/mol. The molecule has 1 aliphatic heterocycles. The number of β-amino-alcohol motifs (C(OH)–C–C–N with tert-alkyl or cyclic N) is 1. The van der Waals surface area contributed by atoms with Gasteiger partial charge in [-0.1, -0.05) is 30.3 Å². The van der Waals surface area contributed by atoms with Gasteiger partial charge in [0.1, 0.15) is 0 Å². The molecule has 1 aliphatic rings. The molecule has 1 fully saturated rings. The predicted octanol–water partition coefficient (Wildman–Crippen LogP) is 1.18. The van der Waals surface area contributed by atoms with Crippen molar-refractivity contribution in [3.63, 3.8) is 0 Å². The van der Waals surface area contributed by atoms with Crippen LogP contribution in [0.3, 0.4) is 0 Å². The van der Waals surface area contributed by atoms with Crippen LogP contribution in [-0.2, 0) is 0 Å². The molecule has 16 heavy (non-hydrogen) atoms. The molecule has 1 aromatic rings. The summed E-state index contributed by atoms with van der Waals surface area (Å²) in [4.78, 5) is 2.21. The van der Waals surface area contributed by atoms with E-state index in [4.69, 9.17) is 0 Å². The number of hydrogen-bond acceptors (Lipinski definition) is 3. The maximum atomic E-state index is 10.0. The Bertz CT molecular complexity index is 307. The normalized spacial score (nSPS) is 20.9. The minimum absolute atomic E-state index is 0.148. The van der Waals surface area contributed by atoms with Crippen molar-refractivity contribution in [2.75, 3.05) is 19.6 Å². The summed E-state index contributed by atoms with van der Waals surface area (Å²) in [6.45, 7) is 2.42. The summed E-state index contributed by atoms with van der Waals surface area (Å²) >= 11 is 0. The lowest BCUT2D eigenvalue weighted by molar-refractivity contribution is 0.0508. The Morgan fingerprint density at radius 2 is 1.81 bits per heavy atom. The van der Waals surface area contributed by atoms with Gasteiger partial charge in [0.25, 0.3) is 0 Å². The third kappa shape index (κ3) is 3.04. The minimum Gasteiger partial charge on any atom is -0.393 e. The number of nitrogens with zero attached hydrogens (tertiary/aromatic N) is 1. The Morgan fingerprint density at radius 3 is 2.44 bits per heavy atom. The Morgan fingerprint density at radius 1 is 1.19 bits per heavy atom. The SMILES string of the molecule is OC1CCN(CC(O)c2ccccc2)CC1. The van der Waals surface area contributed by atoms with E-state index in [1.54, 1.807) is 0 Å². The molecular weight excluding hydrogens is 202 g/mol. The Balaban J connectivity index is 1.86. The summed E-state index contributed by atoms with van der Waals surface area (Å²) in [5, 5.41) is 19.4. The van der Waals surface area contributed by atoms with Gasteiger partial charge in [-0.05, 0) is 18.4 Å². The lowest BCUT2D eigenvalue weighted by Crippen LogP contribution is -2.38. The molecule has 0 aliphatic carbocycles. The summed E-state index contributed by atoms with van der Waals surface area (Å²) in [6.07, 6.45) is 1.07. The third-order valence-electron chi connectivity index (χ3n) is 3.17. The minimum atomic E-state index is -0.420. The van der Waals surface area contributed by atoms with Crippen LogP contribution in [0.1, 0.15) is 24.5 Å². The van der Waals surface area contributed by atoms with Crippen LogP contribution in [0.15, 0.2) is 30.3 Å². The van der Waals surface area contributed by atoms with Crippen LogP contribution in [0.25, 0.3) is 0 Å². The van der Waals surface area contributed by atoms with Crippen LogP contribution in [0.5, 0.6) is 0 Å². The van der Waals surface area contributed by atoms with Crippen LogP contribution in [0, 0.1) is 0 Å². The van der Waals surface area contributed by atoms with Crippen LogP contribution in [0.2, 0.25) is 0 Å². The van der Waals surface area contributed by atoms with E-state index in [2.05, 4.69) is 4.90 Å². The average molecular weight is 221 g/mol. The van der Waals surface area contributed by atoms with Crippen molar-refractivity contribution in [2.24, 2.45) is 0 Å². The van der Waals surface area contributed by atoms with Gasteiger partial charge in [0, 0.05) is 19.6 Å². The molecule has 0 spiro atoms. The van der Waals surface area contributed by atoms with E-state index >= 15 is 0 Å². The molecule has 3 heteroatoms. The Hall–Kier alpha value is -0.900. The molecule has 0 bridgehead atoms. The monoisotopic (exact) mass is 221 g/mol. The van der Waals surface area contributed by atoms with Crippen molar-refractivity contribution in [3.8, 4) is 0 Å². The molecule has 1 saturated heterocycles. The molecule has 1 aromatic carbocycles. The van der Waals surface area contributed by atoms with Crippen molar-refractivity contribution in [2.45, 2.75) is 25.0 Å². The zero-order valence-electron chi connectivity index (χ0n) is 9.42. The van der Waals surface area contributed by atoms with Crippen molar-refractivity contribution in [1.29, 1.82) is 0 Å². The first-order valence-electron chi connectivity index (χ1n) is 5.89. The van der Waals surface area contributed by atoms with E-state index in [9.17, 15) is 10.2 Å². The molecule has 0 amide bonds. The number of hydrogen-bond donors (Lipinski definition) is 2. The highest BCUT2D eigenvalue weighted by Crippen LogP contribution is 2.17. The van der Waals surface area contributed by atoms with Gasteiger partial charge in [0.15, 0.2) is 0 Å². The van der Waals surface area contributed by atoms with E-state index in [1.165, 1.54) is 0 Å². The summed E-state index contributed by atoms with van der Waals surface area (Å²) < 4.78 is 0. The van der Waals surface area contributed by atoms with Crippen molar-refractivity contribution < 1.29 is 10.2 Å². The first-order valence-corrected chi connectivity index (χ1v) is 5.89. The number of likely N-dealkylation sites (tertiary alicyclic amines) is 1. The second kappa shape index (κ2) is 5.43. The van der Waals surface area contributed by atoms with Gasteiger partial charge in [0.2, 0.25) is 0 Å². The summed E-state index contributed by atoms with van der Waals surface area (Å²) in [7, 11) is 0. The highest BCUT2D eigenvalue weighted by molar-refractivity contribution is 5.17. The average Bonchev–Trinajstić information content (AvgIpc) is 2.33. The lowest BCUT2D eigenvalue weighted by atomic mass is 10.1. The first-order chi connectivity index (χ1) is 7.75. The molecule has 88 valence electrons. The highest BCUT2D eigenvalue weighted by atomic mass is 16.3. The van der Waals surface area contributed by atoms with Gasteiger partial charge in [-0.2, -0.15) is 0 Å². The molecule has 0 aromatic heterocycles. The first kappa shape index (κ1) is 11.6. The van der Waals surface area contributed by atoms with Crippen molar-refractivity contribution in [3.05, 3.63) is 35.9 Å². The van der Waals surface area contributed by atoms with Gasteiger partial charge in [-0.15, -0.1) is 0 Å². The topological polar surface area (TPSA) is 43.7 Å². The van der Waals surface area contributed by atoms with Crippen LogP contribution < -0.4 is 0 Å². The van der Waals surface area contributed by atoms with Crippen molar-refractivity contribution >= 4 is 0 Å². The van der Waals surface area contributed by atoms with E-state index in [1.807, 2.05) is 30.3 Å². The lowest BCUT2D eigenvalue weighted by Gasteiger charge is -2.31. The van der Waals surface area contributed by atoms with Crippen LogP contribution >= 0.6 is 0 Å². The zero-order valence-corrected chi connectivity index (χ0v) is 9.42. The van der Waals surface area contributed by atoms with Gasteiger partial charge in [-0.25, -0.2) is 0 Å². The van der Waals surface area contributed by atoms with E-state index in [0.717, 1.165) is 31.5 Å². The number of benzene rings is 1. The second-order valence-electron chi connectivity index (χ2n) is 4.46. The summed E-state index contributed by atoms with van der Waals surface area (Å²) in [5.74, 6) is 0. The molecular formula is C13H19NO2. The smallest absolute Gasteiger partial charge is 0.0916 e. The molecule has 0 saturated carbocycles. The summed E-state index contributed by atoms with van der Waals surface area (Å²) in [5.41, 5.74) is 0.966. The van der Waals surface area contributed by atoms with E-state index in [0.29, 0.717) is 6.54 Å². The largest absolute Gasteiger partial charge is 0.393 e. The zero-order chi connectivity index (χ0) is 11.4. The number of aliphatic hydroxyl groups is 2. The Labute approximate surface area is 96.3 Å². The van der Waals surface area contributed by atoms with Crippen LogP contribution in [0.4, 0.5) is 0 Å². The number of rotatable bonds is 3. The number of piperidine rings is 1. The molecule has 2 N–H and O–H groups in total. The fourth-order valence-corrected chi connectivity index (χ4v) is 2.13. The molecule has 1 atom stereocenters. The van der Waals surface area contributed by atoms with Crippen molar-refractivity contribution in [1.82, 2.24) is 4.90 Å². The number of aliphatic hydroxyl groups excluding tert-OH is 2. The standard InChI is InChI=1S/C13H19NO2/c15-12-6-8-14(9-7-12)10-13(16)11-4-2-1-3-5-11/h1-5,12-13,15-16H,6-10H2. The quantitative estimate of drug-likeness (QED) is 0.805. The highest BCUT2D eigenvalue weighted by Gasteiger charge is 2.19. The van der Waals surface area contributed by atoms with E-state index in [-0.39, 0.29) is 6.10 Å². The van der Waals surface area contributed by atoms with Gasteiger partial charge in [-0.3, -0.25) is 0 Å². The molecule has 0 radical (unpaired) electrons. The molecule has 2 rings (SSSR count). The fourth-order valence-electron chi connectivity index (χ4n) is 2.13. The fraction of sp³-hybridized carbons (Fsp3) is 0.538. The summed E-state index contributed by atoms with van der Waals surface area (Å²) in [6, 6.07) is 9.73. The van der Waals surface area contributed by atoms with Gasteiger partial charge >= 0.3 is 0 Å². The Kier molecular flexibility index (Phi) is 3.93. The maximum absolute atomic E-state index is 10.0. The second-order valence-corrected chi connectivity index (χ2v) is 4.46. The maximum Gasteiger partial charge on any atom is 0.0916 e. The molecule has 3 nitrogen and oxygen atoms in total. The molecule has 1 unspecified atom stereocenters.